The smallest absolute Gasteiger partial charge is 0.262 e. The lowest BCUT2D eigenvalue weighted by Gasteiger charge is -2.27. The van der Waals surface area contributed by atoms with Crippen LogP contribution >= 0.6 is 0 Å². The number of carbonyl (C=O) groups excluding carboxylic acids is 4. The standard InChI is InChI=1S/C15H16N2O4/c1-4-9(5-2)12-8(3)14(20)17(15(12)21)10-6-7-11(18)16-13(10)19/h4,10H,1,3,5-7H2,2H3,(H,16,18,19)/b12-9-. The average molecular weight is 288 g/mol. The van der Waals surface area contributed by atoms with Crippen molar-refractivity contribution in [2.24, 2.45) is 0 Å². The third kappa shape index (κ3) is 2.33. The molecule has 2 heterocycles. The maximum atomic E-state index is 12.5. The summed E-state index contributed by atoms with van der Waals surface area (Å²) in [6, 6.07) is -0.958. The molecule has 0 spiro atoms. The Balaban J connectivity index is 2.41. The van der Waals surface area contributed by atoms with Crippen LogP contribution in [0.4, 0.5) is 0 Å². The maximum absolute atomic E-state index is 12.5. The Bertz CT molecular complexity index is 615. The zero-order valence-corrected chi connectivity index (χ0v) is 11.8. The molecule has 1 N–H and O–H groups in total. The van der Waals surface area contributed by atoms with Crippen LogP contribution in [0, 0.1) is 0 Å². The number of nitrogens with one attached hydrogen (secondary N) is 1. The quantitative estimate of drug-likeness (QED) is 0.609. The lowest BCUT2D eigenvalue weighted by Crippen LogP contribution is -2.54. The van der Waals surface area contributed by atoms with Gasteiger partial charge in [0, 0.05) is 12.0 Å². The third-order valence-electron chi connectivity index (χ3n) is 3.68. The second-order valence-corrected chi connectivity index (χ2v) is 4.88. The van der Waals surface area contributed by atoms with Crippen molar-refractivity contribution < 1.29 is 19.2 Å². The summed E-state index contributed by atoms with van der Waals surface area (Å²) in [6.45, 7) is 9.12. The number of hydrogen-bond acceptors (Lipinski definition) is 4. The van der Waals surface area contributed by atoms with Crippen molar-refractivity contribution in [2.75, 3.05) is 0 Å². The van der Waals surface area contributed by atoms with E-state index >= 15 is 0 Å². The molecule has 4 amide bonds. The first-order chi connectivity index (χ1) is 9.92. The SMILES string of the molecule is C=C/C(CC)=C1\C(=C)C(=O)N(C2CCC(=O)NC2=O)C1=O. The van der Waals surface area contributed by atoms with Crippen molar-refractivity contribution in [1.82, 2.24) is 10.2 Å². The summed E-state index contributed by atoms with van der Waals surface area (Å²) < 4.78 is 0. The molecule has 0 aromatic rings. The summed E-state index contributed by atoms with van der Waals surface area (Å²) in [4.78, 5) is 48.7. The molecule has 0 aliphatic carbocycles. The van der Waals surface area contributed by atoms with E-state index in [9.17, 15) is 19.2 Å². The van der Waals surface area contributed by atoms with Gasteiger partial charge < -0.3 is 0 Å². The van der Waals surface area contributed by atoms with E-state index in [0.29, 0.717) is 12.0 Å². The second-order valence-electron chi connectivity index (χ2n) is 4.88. The van der Waals surface area contributed by atoms with Crippen LogP contribution in [0.3, 0.4) is 0 Å². The van der Waals surface area contributed by atoms with E-state index in [1.54, 1.807) is 0 Å². The van der Waals surface area contributed by atoms with Crippen LogP contribution in [0.5, 0.6) is 0 Å². The van der Waals surface area contributed by atoms with Crippen LogP contribution in [0.25, 0.3) is 0 Å². The van der Waals surface area contributed by atoms with Gasteiger partial charge in [0.1, 0.15) is 6.04 Å². The van der Waals surface area contributed by atoms with Gasteiger partial charge in [0.05, 0.1) is 5.57 Å². The summed E-state index contributed by atoms with van der Waals surface area (Å²) in [5, 5.41) is 2.14. The molecule has 2 saturated heterocycles. The zero-order valence-electron chi connectivity index (χ0n) is 11.8. The lowest BCUT2D eigenvalue weighted by atomic mass is 10.0. The summed E-state index contributed by atoms with van der Waals surface area (Å²) in [6.07, 6.45) is 2.28. The highest BCUT2D eigenvalue weighted by atomic mass is 16.2. The Hall–Kier alpha value is -2.50. The van der Waals surface area contributed by atoms with Crippen LogP contribution in [0.1, 0.15) is 26.2 Å². The molecule has 0 saturated carbocycles. The monoisotopic (exact) mass is 288 g/mol. The van der Waals surface area contributed by atoms with E-state index < -0.39 is 29.7 Å². The fourth-order valence-electron chi connectivity index (χ4n) is 2.56. The number of likely N-dealkylation sites (tertiary alicyclic amines) is 1. The van der Waals surface area contributed by atoms with Crippen molar-refractivity contribution in [3.8, 4) is 0 Å². The van der Waals surface area contributed by atoms with Gasteiger partial charge in [-0.3, -0.25) is 29.4 Å². The van der Waals surface area contributed by atoms with Crippen molar-refractivity contribution in [3.05, 3.63) is 36.0 Å². The minimum atomic E-state index is -0.958. The van der Waals surface area contributed by atoms with Gasteiger partial charge in [0.15, 0.2) is 0 Å². The van der Waals surface area contributed by atoms with E-state index in [1.165, 1.54) is 6.08 Å². The molecular formula is C15H16N2O4. The van der Waals surface area contributed by atoms with Gasteiger partial charge in [-0.1, -0.05) is 26.2 Å². The maximum Gasteiger partial charge on any atom is 0.262 e. The molecule has 0 aromatic carbocycles. The molecular weight excluding hydrogens is 272 g/mol. The van der Waals surface area contributed by atoms with Crippen LogP contribution in [-0.2, 0) is 19.2 Å². The van der Waals surface area contributed by atoms with Gasteiger partial charge in [-0.2, -0.15) is 0 Å². The van der Waals surface area contributed by atoms with E-state index in [0.717, 1.165) is 4.90 Å². The fourth-order valence-corrected chi connectivity index (χ4v) is 2.56. The van der Waals surface area contributed by atoms with Crippen LogP contribution in [0.15, 0.2) is 36.0 Å². The third-order valence-corrected chi connectivity index (χ3v) is 3.68. The first kappa shape index (κ1) is 14.9. The number of rotatable bonds is 3. The highest BCUT2D eigenvalue weighted by Gasteiger charge is 2.46. The number of allylic oxidation sites excluding steroid dienone is 2. The molecule has 1 unspecified atom stereocenters. The first-order valence-corrected chi connectivity index (χ1v) is 6.68. The number of carbonyl (C=O) groups is 4. The Morgan fingerprint density at radius 1 is 1.33 bits per heavy atom. The number of nitrogens with zero attached hydrogens (tertiary/aromatic N) is 1. The van der Waals surface area contributed by atoms with E-state index in [4.69, 9.17) is 0 Å². The lowest BCUT2D eigenvalue weighted by molar-refractivity contribution is -0.149. The molecule has 6 nitrogen and oxygen atoms in total. The number of hydrogen-bond donors (Lipinski definition) is 1. The highest BCUT2D eigenvalue weighted by Crippen LogP contribution is 2.31. The van der Waals surface area contributed by atoms with Crippen molar-refractivity contribution in [3.63, 3.8) is 0 Å². The largest absolute Gasteiger partial charge is 0.295 e. The minimum Gasteiger partial charge on any atom is -0.295 e. The Morgan fingerprint density at radius 3 is 2.52 bits per heavy atom. The van der Waals surface area contributed by atoms with Crippen molar-refractivity contribution >= 4 is 23.6 Å². The average Bonchev–Trinajstić information content (AvgIpc) is 2.65. The molecule has 0 radical (unpaired) electrons. The predicted octanol–water partition coefficient (Wildman–Crippen LogP) is 0.609. The summed E-state index contributed by atoms with van der Waals surface area (Å²) in [5.41, 5.74) is 0.900. The van der Waals surface area contributed by atoms with Crippen LogP contribution < -0.4 is 5.32 Å². The molecule has 0 aromatic heterocycles. The molecule has 2 aliphatic heterocycles. The molecule has 0 bridgehead atoms. The van der Waals surface area contributed by atoms with Gasteiger partial charge in [-0.25, -0.2) is 0 Å². The van der Waals surface area contributed by atoms with E-state index in [1.807, 2.05) is 6.92 Å². The Labute approximate surface area is 122 Å². The topological polar surface area (TPSA) is 83.6 Å². The van der Waals surface area contributed by atoms with Crippen LogP contribution in [-0.4, -0.2) is 34.6 Å². The van der Waals surface area contributed by atoms with Gasteiger partial charge in [0.2, 0.25) is 11.8 Å². The van der Waals surface area contributed by atoms with Crippen LogP contribution in [0.2, 0.25) is 0 Å². The van der Waals surface area contributed by atoms with Crippen molar-refractivity contribution in [2.45, 2.75) is 32.2 Å². The minimum absolute atomic E-state index is 0.0708. The molecule has 2 rings (SSSR count). The van der Waals surface area contributed by atoms with E-state index in [-0.39, 0.29) is 24.0 Å². The molecule has 1 atom stereocenters. The number of imide groups is 2. The first-order valence-electron chi connectivity index (χ1n) is 6.68. The predicted molar refractivity (Wildman–Crippen MR) is 74.7 cm³/mol. The fraction of sp³-hybridized carbons (Fsp3) is 0.333. The molecule has 2 fully saturated rings. The molecule has 110 valence electrons. The van der Waals surface area contributed by atoms with Gasteiger partial charge in [-0.15, -0.1) is 0 Å². The summed E-state index contributed by atoms with van der Waals surface area (Å²) in [7, 11) is 0. The van der Waals surface area contributed by atoms with Gasteiger partial charge in [-0.05, 0) is 18.4 Å². The number of amides is 4. The number of piperidine rings is 1. The van der Waals surface area contributed by atoms with E-state index in [2.05, 4.69) is 18.5 Å². The normalized spacial score (nSPS) is 25.3. The summed E-state index contributed by atoms with van der Waals surface area (Å²) in [5.74, 6) is -2.16. The second kappa shape index (κ2) is 5.47. The van der Waals surface area contributed by atoms with Crippen molar-refractivity contribution in [1.29, 1.82) is 0 Å². The molecule has 2 aliphatic rings. The highest BCUT2D eigenvalue weighted by molar-refractivity contribution is 6.26. The van der Waals surface area contributed by atoms with Gasteiger partial charge >= 0.3 is 0 Å². The molecule has 6 heteroatoms. The Kier molecular flexibility index (Phi) is 3.88. The molecule has 21 heavy (non-hydrogen) atoms. The summed E-state index contributed by atoms with van der Waals surface area (Å²) >= 11 is 0. The Morgan fingerprint density at radius 2 is 2.00 bits per heavy atom. The zero-order chi connectivity index (χ0) is 15.7. The van der Waals surface area contributed by atoms with Gasteiger partial charge in [0.25, 0.3) is 11.8 Å².